The number of esters is 1. The molecule has 0 unspecified atom stereocenters. The van der Waals surface area contributed by atoms with Crippen molar-refractivity contribution in [2.24, 2.45) is 7.05 Å². The number of hydrogen-bond acceptors (Lipinski definition) is 9. The van der Waals surface area contributed by atoms with E-state index in [0.29, 0.717) is 11.5 Å². The van der Waals surface area contributed by atoms with Crippen LogP contribution in [0.1, 0.15) is 47.8 Å². The second kappa shape index (κ2) is 10.0. The zero-order valence-electron chi connectivity index (χ0n) is 21.8. The van der Waals surface area contributed by atoms with Crippen LogP contribution in [0.3, 0.4) is 0 Å². The lowest BCUT2D eigenvalue weighted by molar-refractivity contribution is 0.0595. The van der Waals surface area contributed by atoms with Crippen molar-refractivity contribution < 1.29 is 14.3 Å². The highest BCUT2D eigenvalue weighted by Crippen LogP contribution is 2.44. The Morgan fingerprint density at radius 3 is 2.50 bits per heavy atom. The van der Waals surface area contributed by atoms with E-state index in [2.05, 4.69) is 27.2 Å². The fourth-order valence-electron chi connectivity index (χ4n) is 4.88. The van der Waals surface area contributed by atoms with Crippen LogP contribution in [0.2, 0.25) is 0 Å². The summed E-state index contributed by atoms with van der Waals surface area (Å²) >= 11 is 0. The zero-order chi connectivity index (χ0) is 26.2. The third-order valence-electron chi connectivity index (χ3n) is 7.24. The maximum Gasteiger partial charge on any atom is 0.360 e. The van der Waals surface area contributed by atoms with Gasteiger partial charge >= 0.3 is 5.97 Å². The molecule has 1 aliphatic heterocycles. The molecule has 0 amide bonds. The molecule has 6 rings (SSSR count). The lowest BCUT2D eigenvalue weighted by Gasteiger charge is -2.29. The summed E-state index contributed by atoms with van der Waals surface area (Å²) in [6, 6.07) is 7.73. The Labute approximate surface area is 221 Å². The lowest BCUT2D eigenvalue weighted by atomic mass is 10.1. The highest BCUT2D eigenvalue weighted by atomic mass is 16.5. The normalized spacial score (nSPS) is 16.5. The van der Waals surface area contributed by atoms with E-state index in [0.717, 1.165) is 72.5 Å². The van der Waals surface area contributed by atoms with Gasteiger partial charge in [0.25, 0.3) is 0 Å². The molecular formula is C28H31N7O3. The van der Waals surface area contributed by atoms with Gasteiger partial charge in [0.2, 0.25) is 0 Å². The number of carbonyl (C=O) groups is 1. The summed E-state index contributed by atoms with van der Waals surface area (Å²) in [5.74, 6) is 0.906. The zero-order valence-corrected chi connectivity index (χ0v) is 21.8. The van der Waals surface area contributed by atoms with E-state index < -0.39 is 5.97 Å². The first-order valence-corrected chi connectivity index (χ1v) is 13.0. The summed E-state index contributed by atoms with van der Waals surface area (Å²) < 4.78 is 13.2. The predicted molar refractivity (Wildman–Crippen MR) is 144 cm³/mol. The van der Waals surface area contributed by atoms with Crippen molar-refractivity contribution in [3.8, 4) is 17.0 Å². The molecular weight excluding hydrogens is 482 g/mol. The Kier molecular flexibility index (Phi) is 6.40. The van der Waals surface area contributed by atoms with Crippen molar-refractivity contribution >= 4 is 28.5 Å². The molecule has 2 aliphatic rings. The molecule has 0 bridgehead atoms. The van der Waals surface area contributed by atoms with Gasteiger partial charge in [-0.3, -0.25) is 4.98 Å². The molecule has 0 atom stereocenters. The van der Waals surface area contributed by atoms with Crippen molar-refractivity contribution in [3.63, 3.8) is 0 Å². The van der Waals surface area contributed by atoms with Gasteiger partial charge in [0.15, 0.2) is 11.5 Å². The summed E-state index contributed by atoms with van der Waals surface area (Å²) in [6.07, 6.45) is 9.57. The predicted octanol–water partition coefficient (Wildman–Crippen LogP) is 4.31. The molecule has 1 aliphatic carbocycles. The Morgan fingerprint density at radius 1 is 1.03 bits per heavy atom. The van der Waals surface area contributed by atoms with Crippen LogP contribution in [0.25, 0.3) is 22.3 Å². The van der Waals surface area contributed by atoms with Crippen molar-refractivity contribution in [1.82, 2.24) is 29.4 Å². The second-order valence-electron chi connectivity index (χ2n) is 10.1. The number of imidazole rings is 1. The molecule has 1 aromatic carbocycles. The fraction of sp³-hybridized carbons (Fsp3) is 0.393. The maximum absolute atomic E-state index is 12.8. The summed E-state index contributed by atoms with van der Waals surface area (Å²) in [4.78, 5) is 33.9. The molecule has 2 fully saturated rings. The molecule has 4 aromatic rings. The van der Waals surface area contributed by atoms with Gasteiger partial charge in [0.1, 0.15) is 17.4 Å². The maximum atomic E-state index is 12.8. The van der Waals surface area contributed by atoms with Gasteiger partial charge in [0, 0.05) is 43.5 Å². The molecule has 0 radical (unpaired) electrons. The SMILES string of the molecule is COC(=O)c1nc(-c2cncc3c2ncn3C)c(C2CC2)nc1Nc1ccc(OC2CCN(C)CC2)cc1. The van der Waals surface area contributed by atoms with E-state index in [4.69, 9.17) is 19.4 Å². The Morgan fingerprint density at radius 2 is 1.79 bits per heavy atom. The summed E-state index contributed by atoms with van der Waals surface area (Å²) in [5.41, 5.74) is 4.77. The second-order valence-corrected chi connectivity index (χ2v) is 10.1. The first-order valence-electron chi connectivity index (χ1n) is 13.0. The number of nitrogens with one attached hydrogen (secondary N) is 1. The molecule has 4 heterocycles. The van der Waals surface area contributed by atoms with Crippen molar-refractivity contribution in [2.45, 2.75) is 37.7 Å². The van der Waals surface area contributed by atoms with E-state index >= 15 is 0 Å². The van der Waals surface area contributed by atoms with Crippen molar-refractivity contribution in [3.05, 3.63) is 54.4 Å². The Hall–Kier alpha value is -4.05. The average Bonchev–Trinajstić information content (AvgIpc) is 3.72. The number of methoxy groups -OCH3 is 1. The smallest absolute Gasteiger partial charge is 0.360 e. The number of carbonyl (C=O) groups excluding carboxylic acids is 1. The molecule has 10 heteroatoms. The molecule has 38 heavy (non-hydrogen) atoms. The van der Waals surface area contributed by atoms with Gasteiger partial charge in [0.05, 0.1) is 36.5 Å². The van der Waals surface area contributed by atoms with Crippen LogP contribution in [0.5, 0.6) is 5.75 Å². The van der Waals surface area contributed by atoms with Crippen LogP contribution in [-0.2, 0) is 11.8 Å². The van der Waals surface area contributed by atoms with Gasteiger partial charge in [-0.1, -0.05) is 0 Å². The number of aryl methyl sites for hydroxylation is 1. The number of piperidine rings is 1. The number of nitrogens with zero attached hydrogens (tertiary/aromatic N) is 6. The molecule has 1 saturated carbocycles. The average molecular weight is 514 g/mol. The Bertz CT molecular complexity index is 1470. The van der Waals surface area contributed by atoms with Gasteiger partial charge in [-0.25, -0.2) is 19.7 Å². The number of likely N-dealkylation sites (tertiary alicyclic amines) is 1. The molecule has 3 aromatic heterocycles. The first-order chi connectivity index (χ1) is 18.5. The number of hydrogen-bond donors (Lipinski definition) is 1. The van der Waals surface area contributed by atoms with E-state index in [1.165, 1.54) is 7.11 Å². The molecule has 0 spiro atoms. The van der Waals surface area contributed by atoms with Crippen LogP contribution in [0.4, 0.5) is 11.5 Å². The van der Waals surface area contributed by atoms with E-state index in [9.17, 15) is 4.79 Å². The standard InChI is InChI=1S/C28H31N7O3/c1-34-12-10-20(11-13-34)38-19-8-6-18(7-9-19)31-27-26(28(36)37-3)32-25(23(33-27)17-4-5-17)21-14-29-15-22-24(21)30-16-35(22)2/h6-9,14-17,20H,4-5,10-13H2,1-3H3,(H,31,33). The van der Waals surface area contributed by atoms with Crippen molar-refractivity contribution in [2.75, 3.05) is 32.6 Å². The minimum absolute atomic E-state index is 0.117. The van der Waals surface area contributed by atoms with Gasteiger partial charge < -0.3 is 24.3 Å². The molecule has 1 N–H and O–H groups in total. The summed E-state index contributed by atoms with van der Waals surface area (Å²) in [5, 5.41) is 3.30. The van der Waals surface area contributed by atoms with E-state index in [1.807, 2.05) is 35.9 Å². The number of fused-ring (bicyclic) bond motifs is 1. The summed E-state index contributed by atoms with van der Waals surface area (Å²) in [6.45, 7) is 2.09. The summed E-state index contributed by atoms with van der Waals surface area (Å²) in [7, 11) is 5.41. The topological polar surface area (TPSA) is 107 Å². The number of pyridine rings is 1. The van der Waals surface area contributed by atoms with Crippen LogP contribution in [0.15, 0.2) is 43.0 Å². The minimum atomic E-state index is -0.563. The van der Waals surface area contributed by atoms with E-state index in [1.54, 1.807) is 18.7 Å². The third-order valence-corrected chi connectivity index (χ3v) is 7.24. The van der Waals surface area contributed by atoms with E-state index in [-0.39, 0.29) is 17.7 Å². The highest BCUT2D eigenvalue weighted by molar-refractivity contribution is 5.96. The van der Waals surface area contributed by atoms with Crippen LogP contribution in [-0.4, -0.2) is 68.7 Å². The van der Waals surface area contributed by atoms with Crippen molar-refractivity contribution in [1.29, 1.82) is 0 Å². The van der Waals surface area contributed by atoms with Crippen LogP contribution >= 0.6 is 0 Å². The third kappa shape index (κ3) is 4.79. The van der Waals surface area contributed by atoms with Gasteiger partial charge in [-0.2, -0.15) is 0 Å². The highest BCUT2D eigenvalue weighted by Gasteiger charge is 2.32. The van der Waals surface area contributed by atoms with Gasteiger partial charge in [-0.05, 0) is 57.0 Å². The number of ether oxygens (including phenoxy) is 2. The first kappa shape index (κ1) is 24.3. The number of anilines is 2. The Balaban J connectivity index is 1.33. The minimum Gasteiger partial charge on any atom is -0.490 e. The fourth-order valence-corrected chi connectivity index (χ4v) is 4.88. The van der Waals surface area contributed by atoms with Crippen LogP contribution < -0.4 is 10.1 Å². The number of rotatable bonds is 7. The lowest BCUT2D eigenvalue weighted by Crippen LogP contribution is -2.35. The monoisotopic (exact) mass is 513 g/mol. The molecule has 10 nitrogen and oxygen atoms in total. The van der Waals surface area contributed by atoms with Gasteiger partial charge in [-0.15, -0.1) is 0 Å². The van der Waals surface area contributed by atoms with Crippen LogP contribution in [0, 0.1) is 0 Å². The number of aromatic nitrogens is 5. The largest absolute Gasteiger partial charge is 0.490 e. The quantitative estimate of drug-likeness (QED) is 0.362. The molecule has 1 saturated heterocycles. The molecule has 196 valence electrons. The number of benzene rings is 1.